The van der Waals surface area contributed by atoms with Gasteiger partial charge < -0.3 is 5.32 Å². The SMILES string of the molecule is CN1CC(c2ccccc2)C(C(=O)c2ccc(Br)cc2)C12C(=O)Nc1ccccc12. The molecule has 1 N–H and O–H groups in total. The Morgan fingerprint density at radius 3 is 2.40 bits per heavy atom. The molecule has 1 saturated heterocycles. The summed E-state index contributed by atoms with van der Waals surface area (Å²) < 4.78 is 0.917. The van der Waals surface area contributed by atoms with E-state index in [2.05, 4.69) is 38.3 Å². The minimum atomic E-state index is -1.03. The number of anilines is 1. The molecule has 0 aromatic heterocycles. The van der Waals surface area contributed by atoms with E-state index in [9.17, 15) is 9.59 Å². The molecule has 3 aromatic carbocycles. The number of hydrogen-bond donors (Lipinski definition) is 1. The van der Waals surface area contributed by atoms with E-state index in [1.165, 1.54) is 0 Å². The molecular weight excluding hydrogens is 440 g/mol. The molecule has 2 heterocycles. The summed E-state index contributed by atoms with van der Waals surface area (Å²) in [5.41, 5.74) is 2.34. The number of para-hydroxylation sites is 1. The van der Waals surface area contributed by atoms with Crippen molar-refractivity contribution >= 4 is 33.3 Å². The van der Waals surface area contributed by atoms with Crippen LogP contribution in [0.25, 0.3) is 0 Å². The van der Waals surface area contributed by atoms with E-state index in [4.69, 9.17) is 0 Å². The molecule has 5 heteroatoms. The van der Waals surface area contributed by atoms with Crippen molar-refractivity contribution in [1.29, 1.82) is 0 Å². The first-order valence-electron chi connectivity index (χ1n) is 10.0. The van der Waals surface area contributed by atoms with E-state index in [0.29, 0.717) is 12.1 Å². The number of carbonyl (C=O) groups is 2. The molecule has 0 radical (unpaired) electrons. The quantitative estimate of drug-likeness (QED) is 0.569. The van der Waals surface area contributed by atoms with Crippen LogP contribution in [0.15, 0.2) is 83.3 Å². The number of carbonyl (C=O) groups excluding carboxylic acids is 2. The number of fused-ring (bicyclic) bond motifs is 2. The molecule has 2 aliphatic heterocycles. The Morgan fingerprint density at radius 2 is 1.67 bits per heavy atom. The number of hydrogen-bond acceptors (Lipinski definition) is 3. The zero-order valence-corrected chi connectivity index (χ0v) is 18.1. The number of amides is 1. The van der Waals surface area contributed by atoms with Gasteiger partial charge in [-0.25, -0.2) is 0 Å². The van der Waals surface area contributed by atoms with Crippen LogP contribution in [-0.4, -0.2) is 30.2 Å². The topological polar surface area (TPSA) is 49.4 Å². The van der Waals surface area contributed by atoms with Crippen molar-refractivity contribution < 1.29 is 9.59 Å². The molecular formula is C25H21BrN2O2. The number of nitrogens with zero attached hydrogens (tertiary/aromatic N) is 1. The Balaban J connectivity index is 1.72. The molecule has 3 aromatic rings. The lowest BCUT2D eigenvalue weighted by Gasteiger charge is -2.35. The summed E-state index contributed by atoms with van der Waals surface area (Å²) in [5.74, 6) is -0.758. The molecule has 2 aliphatic rings. The maximum atomic E-state index is 14.0. The van der Waals surface area contributed by atoms with Crippen LogP contribution >= 0.6 is 15.9 Å². The van der Waals surface area contributed by atoms with Crippen molar-refractivity contribution in [2.24, 2.45) is 5.92 Å². The van der Waals surface area contributed by atoms with Crippen molar-refractivity contribution in [1.82, 2.24) is 4.90 Å². The van der Waals surface area contributed by atoms with Crippen LogP contribution in [0.3, 0.4) is 0 Å². The van der Waals surface area contributed by atoms with Crippen LogP contribution in [0.5, 0.6) is 0 Å². The minimum absolute atomic E-state index is 0.00689. The van der Waals surface area contributed by atoms with Gasteiger partial charge in [0.05, 0.1) is 5.92 Å². The lowest BCUT2D eigenvalue weighted by molar-refractivity contribution is -0.126. The van der Waals surface area contributed by atoms with E-state index in [-0.39, 0.29) is 17.6 Å². The van der Waals surface area contributed by atoms with Crippen LogP contribution in [0.2, 0.25) is 0 Å². The molecule has 150 valence electrons. The Labute approximate surface area is 184 Å². The average molecular weight is 461 g/mol. The van der Waals surface area contributed by atoms with Gasteiger partial charge in [0.25, 0.3) is 0 Å². The third kappa shape index (κ3) is 2.69. The summed E-state index contributed by atoms with van der Waals surface area (Å²) in [6, 6.07) is 25.2. The maximum absolute atomic E-state index is 14.0. The number of nitrogens with one attached hydrogen (secondary N) is 1. The third-order valence-electron chi connectivity index (χ3n) is 6.50. The van der Waals surface area contributed by atoms with Crippen LogP contribution in [0, 0.1) is 5.92 Å². The number of likely N-dealkylation sites (N-methyl/N-ethyl adjacent to an activating group) is 1. The van der Waals surface area contributed by atoms with Gasteiger partial charge in [-0.2, -0.15) is 0 Å². The third-order valence-corrected chi connectivity index (χ3v) is 7.02. The minimum Gasteiger partial charge on any atom is -0.324 e. The van der Waals surface area contributed by atoms with Gasteiger partial charge in [-0.3, -0.25) is 14.5 Å². The summed E-state index contributed by atoms with van der Waals surface area (Å²) in [6.45, 7) is 0.624. The second kappa shape index (κ2) is 7.18. The maximum Gasteiger partial charge on any atom is 0.250 e. The Bertz CT molecular complexity index is 1130. The summed E-state index contributed by atoms with van der Waals surface area (Å²) in [5, 5.41) is 3.04. The summed E-state index contributed by atoms with van der Waals surface area (Å²) in [4.78, 5) is 29.6. The molecule has 5 rings (SSSR count). The predicted molar refractivity (Wildman–Crippen MR) is 121 cm³/mol. The fraction of sp³-hybridized carbons (Fsp3) is 0.200. The Kier molecular flexibility index (Phi) is 4.60. The molecule has 1 amide bonds. The summed E-state index contributed by atoms with van der Waals surface area (Å²) in [6.07, 6.45) is 0. The number of likely N-dealkylation sites (tertiary alicyclic amines) is 1. The second-order valence-electron chi connectivity index (χ2n) is 8.01. The predicted octanol–water partition coefficient (Wildman–Crippen LogP) is 4.82. The van der Waals surface area contributed by atoms with E-state index in [1.54, 1.807) is 0 Å². The van der Waals surface area contributed by atoms with Gasteiger partial charge in [0.15, 0.2) is 5.78 Å². The van der Waals surface area contributed by atoms with Crippen LogP contribution < -0.4 is 5.32 Å². The lowest BCUT2D eigenvalue weighted by Crippen LogP contribution is -2.51. The van der Waals surface area contributed by atoms with E-state index >= 15 is 0 Å². The highest BCUT2D eigenvalue weighted by molar-refractivity contribution is 9.10. The fourth-order valence-corrected chi connectivity index (χ4v) is 5.45. The zero-order chi connectivity index (χ0) is 20.9. The van der Waals surface area contributed by atoms with Crippen molar-refractivity contribution in [3.8, 4) is 0 Å². The van der Waals surface area contributed by atoms with E-state index in [0.717, 1.165) is 21.3 Å². The van der Waals surface area contributed by atoms with Crippen LogP contribution in [0.1, 0.15) is 27.4 Å². The number of halogens is 1. The highest BCUT2D eigenvalue weighted by atomic mass is 79.9. The van der Waals surface area contributed by atoms with Crippen LogP contribution in [0.4, 0.5) is 5.69 Å². The zero-order valence-electron chi connectivity index (χ0n) is 16.5. The average Bonchev–Trinajstić information content (AvgIpc) is 3.24. The molecule has 3 unspecified atom stereocenters. The van der Waals surface area contributed by atoms with E-state index in [1.807, 2.05) is 73.8 Å². The second-order valence-corrected chi connectivity index (χ2v) is 8.93. The standard InChI is InChI=1S/C25H21BrN2O2/c1-28-15-19(16-7-3-2-4-8-16)22(23(29)17-11-13-18(26)14-12-17)25(28)20-9-5-6-10-21(20)27-24(25)30/h2-14,19,22H,15H2,1H3,(H,27,30). The number of Topliss-reactive ketones (excluding diaryl/α,β-unsaturated/α-hetero) is 1. The Morgan fingerprint density at radius 1 is 1.00 bits per heavy atom. The molecule has 4 nitrogen and oxygen atoms in total. The van der Waals surface area contributed by atoms with Gasteiger partial charge in [-0.1, -0.05) is 76.6 Å². The highest BCUT2D eigenvalue weighted by Crippen LogP contribution is 2.55. The summed E-state index contributed by atoms with van der Waals surface area (Å²) in [7, 11) is 1.95. The first-order valence-corrected chi connectivity index (χ1v) is 10.8. The number of rotatable bonds is 3. The smallest absolute Gasteiger partial charge is 0.250 e. The molecule has 0 aliphatic carbocycles. The molecule has 30 heavy (non-hydrogen) atoms. The van der Waals surface area contributed by atoms with Gasteiger partial charge in [0.1, 0.15) is 5.54 Å². The van der Waals surface area contributed by atoms with Gasteiger partial charge in [0.2, 0.25) is 5.91 Å². The van der Waals surface area contributed by atoms with Crippen molar-refractivity contribution in [2.75, 3.05) is 18.9 Å². The van der Waals surface area contributed by atoms with Crippen molar-refractivity contribution in [3.63, 3.8) is 0 Å². The van der Waals surface area contributed by atoms with E-state index < -0.39 is 11.5 Å². The normalized spacial score (nSPS) is 25.3. The van der Waals surface area contributed by atoms with Gasteiger partial charge >= 0.3 is 0 Å². The molecule has 1 spiro atoms. The first kappa shape index (κ1) is 19.2. The first-order chi connectivity index (χ1) is 14.5. The fourth-order valence-electron chi connectivity index (χ4n) is 5.19. The molecule has 0 bridgehead atoms. The highest BCUT2D eigenvalue weighted by Gasteiger charge is 2.64. The van der Waals surface area contributed by atoms with Crippen molar-refractivity contribution in [2.45, 2.75) is 11.5 Å². The number of benzene rings is 3. The lowest BCUT2D eigenvalue weighted by atomic mass is 9.70. The van der Waals surface area contributed by atoms with Crippen LogP contribution in [-0.2, 0) is 10.3 Å². The molecule has 3 atom stereocenters. The summed E-state index contributed by atoms with van der Waals surface area (Å²) >= 11 is 3.44. The largest absolute Gasteiger partial charge is 0.324 e. The van der Waals surface area contributed by atoms with Gasteiger partial charge in [0, 0.05) is 33.7 Å². The van der Waals surface area contributed by atoms with Crippen molar-refractivity contribution in [3.05, 3.63) is 100 Å². The van der Waals surface area contributed by atoms with Gasteiger partial charge in [-0.15, -0.1) is 0 Å². The molecule has 1 fully saturated rings. The molecule has 0 saturated carbocycles. The number of ketones is 1. The Hall–Kier alpha value is -2.76. The monoisotopic (exact) mass is 460 g/mol. The van der Waals surface area contributed by atoms with Gasteiger partial charge in [-0.05, 0) is 30.8 Å².